The lowest BCUT2D eigenvalue weighted by molar-refractivity contribution is -0.103. The highest BCUT2D eigenvalue weighted by atomic mass is 79.9. The maximum atomic E-state index is 9.89. The van der Waals surface area contributed by atoms with E-state index in [0.29, 0.717) is 11.8 Å². The zero-order valence-electron chi connectivity index (χ0n) is 6.04. The van der Waals surface area contributed by atoms with Crippen LogP contribution < -0.4 is 0 Å². The molecular formula is C9H5BrO2. The third-order valence-electron chi connectivity index (χ3n) is 1.23. The topological polar surface area (TPSA) is 37.3 Å². The molecule has 0 aliphatic rings. The Kier molecular flexibility index (Phi) is 2.89. The molecule has 1 N–H and O–H groups in total. The molecule has 0 unspecified atom stereocenters. The number of hydrogen-bond donors (Lipinski definition) is 1. The van der Waals surface area contributed by atoms with Gasteiger partial charge in [0.25, 0.3) is 0 Å². The van der Waals surface area contributed by atoms with E-state index in [1.807, 2.05) is 0 Å². The summed E-state index contributed by atoms with van der Waals surface area (Å²) < 4.78 is 0.775. The molecule has 1 aromatic carbocycles. The van der Waals surface area contributed by atoms with Gasteiger partial charge in [0.1, 0.15) is 5.75 Å². The van der Waals surface area contributed by atoms with Crippen LogP contribution in [0.1, 0.15) is 5.56 Å². The van der Waals surface area contributed by atoms with E-state index in [0.717, 1.165) is 4.47 Å². The van der Waals surface area contributed by atoms with Gasteiger partial charge < -0.3 is 5.11 Å². The Bertz CT molecular complexity index is 361. The molecule has 0 aromatic heterocycles. The molecule has 0 heterocycles. The lowest BCUT2D eigenvalue weighted by Gasteiger charge is -1.95. The number of hydrogen-bond acceptors (Lipinski definition) is 2. The van der Waals surface area contributed by atoms with E-state index in [4.69, 9.17) is 0 Å². The van der Waals surface area contributed by atoms with E-state index >= 15 is 0 Å². The number of aldehydes is 1. The van der Waals surface area contributed by atoms with E-state index in [1.54, 1.807) is 12.1 Å². The predicted molar refractivity (Wildman–Crippen MR) is 48.7 cm³/mol. The van der Waals surface area contributed by atoms with E-state index in [-0.39, 0.29) is 5.75 Å². The Labute approximate surface area is 78.3 Å². The number of carbonyl (C=O) groups is 1. The number of aromatic hydroxyl groups is 1. The summed E-state index contributed by atoms with van der Waals surface area (Å²) in [4.78, 5) is 9.89. The smallest absolute Gasteiger partial charge is 0.193 e. The van der Waals surface area contributed by atoms with Crippen LogP contribution in [0.25, 0.3) is 0 Å². The van der Waals surface area contributed by atoms with Gasteiger partial charge in [-0.25, -0.2) is 0 Å². The maximum Gasteiger partial charge on any atom is 0.193 e. The SMILES string of the molecule is O=CC#Cc1ccc(Br)cc1O. The van der Waals surface area contributed by atoms with Crippen molar-refractivity contribution in [2.45, 2.75) is 0 Å². The van der Waals surface area contributed by atoms with Crippen LogP contribution in [-0.4, -0.2) is 11.4 Å². The summed E-state index contributed by atoms with van der Waals surface area (Å²) in [6.07, 6.45) is 0.488. The first kappa shape index (κ1) is 8.82. The fourth-order valence-corrected chi connectivity index (χ4v) is 1.07. The van der Waals surface area contributed by atoms with Crippen LogP contribution in [0.4, 0.5) is 0 Å². The molecule has 0 saturated carbocycles. The summed E-state index contributed by atoms with van der Waals surface area (Å²) in [7, 11) is 0. The zero-order valence-corrected chi connectivity index (χ0v) is 7.63. The third-order valence-corrected chi connectivity index (χ3v) is 1.72. The summed E-state index contributed by atoms with van der Waals surface area (Å²) in [5, 5.41) is 9.27. The minimum Gasteiger partial charge on any atom is -0.507 e. The van der Waals surface area contributed by atoms with Crippen molar-refractivity contribution < 1.29 is 9.90 Å². The van der Waals surface area contributed by atoms with Crippen LogP contribution >= 0.6 is 15.9 Å². The number of phenols is 1. The molecule has 60 valence electrons. The molecule has 0 saturated heterocycles. The summed E-state index contributed by atoms with van der Waals surface area (Å²) in [6.45, 7) is 0. The van der Waals surface area contributed by atoms with Gasteiger partial charge in [0.15, 0.2) is 6.29 Å². The minimum absolute atomic E-state index is 0.0683. The zero-order chi connectivity index (χ0) is 8.97. The van der Waals surface area contributed by atoms with Crippen molar-refractivity contribution in [3.63, 3.8) is 0 Å². The highest BCUT2D eigenvalue weighted by Gasteiger charge is 1.96. The first-order valence-corrected chi connectivity index (χ1v) is 3.97. The van der Waals surface area contributed by atoms with Crippen LogP contribution in [0.15, 0.2) is 22.7 Å². The standard InChI is InChI=1S/C9H5BrO2/c10-8-4-3-7(2-1-5-11)9(12)6-8/h3-6,12H. The number of halogens is 1. The Morgan fingerprint density at radius 2 is 2.25 bits per heavy atom. The Balaban J connectivity index is 3.09. The Morgan fingerprint density at radius 3 is 2.83 bits per heavy atom. The van der Waals surface area contributed by atoms with E-state index in [1.165, 1.54) is 6.07 Å². The van der Waals surface area contributed by atoms with Gasteiger partial charge in [-0.05, 0) is 24.1 Å². The number of benzene rings is 1. The minimum atomic E-state index is 0.0683. The van der Waals surface area contributed by atoms with Gasteiger partial charge >= 0.3 is 0 Å². The lowest BCUT2D eigenvalue weighted by Crippen LogP contribution is -1.76. The molecule has 0 bridgehead atoms. The Hall–Kier alpha value is -1.27. The summed E-state index contributed by atoms with van der Waals surface area (Å²) in [6, 6.07) is 4.90. The molecule has 0 amide bonds. The van der Waals surface area contributed by atoms with Gasteiger partial charge in [0.2, 0.25) is 0 Å². The second-order valence-electron chi connectivity index (χ2n) is 2.05. The number of carbonyl (C=O) groups excluding carboxylic acids is 1. The van der Waals surface area contributed by atoms with Gasteiger partial charge in [0.05, 0.1) is 5.56 Å². The van der Waals surface area contributed by atoms with Crippen molar-refractivity contribution in [2.24, 2.45) is 0 Å². The first-order chi connectivity index (χ1) is 5.74. The number of rotatable bonds is 0. The van der Waals surface area contributed by atoms with Crippen molar-refractivity contribution in [2.75, 3.05) is 0 Å². The lowest BCUT2D eigenvalue weighted by atomic mass is 10.2. The van der Waals surface area contributed by atoms with Crippen LogP contribution in [0.3, 0.4) is 0 Å². The summed E-state index contributed by atoms with van der Waals surface area (Å²) in [5.41, 5.74) is 0.449. The van der Waals surface area contributed by atoms with Crippen molar-refractivity contribution >= 4 is 22.2 Å². The molecule has 0 atom stereocenters. The van der Waals surface area contributed by atoms with Crippen LogP contribution in [0, 0.1) is 11.8 Å². The maximum absolute atomic E-state index is 9.89. The molecule has 2 nitrogen and oxygen atoms in total. The van der Waals surface area contributed by atoms with Gasteiger partial charge in [-0.1, -0.05) is 21.9 Å². The van der Waals surface area contributed by atoms with Gasteiger partial charge in [0, 0.05) is 4.47 Å². The van der Waals surface area contributed by atoms with Crippen molar-refractivity contribution in [1.82, 2.24) is 0 Å². The molecule has 0 spiro atoms. The third kappa shape index (κ3) is 2.11. The quantitative estimate of drug-likeness (QED) is 0.539. The molecular weight excluding hydrogens is 220 g/mol. The monoisotopic (exact) mass is 224 g/mol. The fraction of sp³-hybridized carbons (Fsp3) is 0. The van der Waals surface area contributed by atoms with Crippen LogP contribution in [0.5, 0.6) is 5.75 Å². The first-order valence-electron chi connectivity index (χ1n) is 3.18. The highest BCUT2D eigenvalue weighted by Crippen LogP contribution is 2.20. The summed E-state index contributed by atoms with van der Waals surface area (Å²) in [5.74, 6) is 4.79. The normalized spacial score (nSPS) is 8.42. The molecule has 0 aliphatic heterocycles. The van der Waals surface area contributed by atoms with Gasteiger partial charge in [-0.15, -0.1) is 0 Å². The summed E-state index contributed by atoms with van der Waals surface area (Å²) >= 11 is 3.19. The van der Waals surface area contributed by atoms with Crippen LogP contribution in [0.2, 0.25) is 0 Å². The van der Waals surface area contributed by atoms with Gasteiger partial charge in [-0.3, -0.25) is 4.79 Å². The molecule has 0 aliphatic carbocycles. The highest BCUT2D eigenvalue weighted by molar-refractivity contribution is 9.10. The second kappa shape index (κ2) is 3.93. The average Bonchev–Trinajstić information content (AvgIpc) is 2.03. The predicted octanol–water partition coefficient (Wildman–Crippen LogP) is 1.71. The second-order valence-corrected chi connectivity index (χ2v) is 2.96. The van der Waals surface area contributed by atoms with E-state index in [9.17, 15) is 9.90 Å². The fourth-order valence-electron chi connectivity index (χ4n) is 0.718. The molecule has 1 rings (SSSR count). The van der Waals surface area contributed by atoms with E-state index in [2.05, 4.69) is 27.8 Å². The molecule has 3 heteroatoms. The molecule has 0 radical (unpaired) electrons. The average molecular weight is 225 g/mol. The van der Waals surface area contributed by atoms with Crippen molar-refractivity contribution in [3.05, 3.63) is 28.2 Å². The Morgan fingerprint density at radius 1 is 1.50 bits per heavy atom. The van der Waals surface area contributed by atoms with Crippen molar-refractivity contribution in [1.29, 1.82) is 0 Å². The van der Waals surface area contributed by atoms with Crippen molar-refractivity contribution in [3.8, 4) is 17.6 Å². The molecule has 12 heavy (non-hydrogen) atoms. The van der Waals surface area contributed by atoms with Gasteiger partial charge in [-0.2, -0.15) is 0 Å². The van der Waals surface area contributed by atoms with Crippen LogP contribution in [-0.2, 0) is 4.79 Å². The molecule has 0 fully saturated rings. The number of phenolic OH excluding ortho intramolecular Hbond substituents is 1. The molecule has 1 aromatic rings. The van der Waals surface area contributed by atoms with E-state index < -0.39 is 0 Å². The largest absolute Gasteiger partial charge is 0.507 e.